The fraction of sp³-hybridized carbons (Fsp3) is 0.412. The first-order chi connectivity index (χ1) is 22.7. The number of ether oxygens (including phenoxy) is 2. The summed E-state index contributed by atoms with van der Waals surface area (Å²) in [6.07, 6.45) is 5.40. The highest BCUT2D eigenvalue weighted by Gasteiger charge is 2.30. The van der Waals surface area contributed by atoms with E-state index in [1.165, 1.54) is 31.4 Å². The van der Waals surface area contributed by atoms with E-state index < -0.39 is 27.3 Å². The number of pyridine rings is 1. The van der Waals surface area contributed by atoms with Crippen LogP contribution >= 0.6 is 11.6 Å². The summed E-state index contributed by atoms with van der Waals surface area (Å²) < 4.78 is 54.5. The standard InChI is InChI=1S/C34H40ClFN6O5S/c1-7-20-16-21(25-18-27(36)30(40-31(25)46-6)41-48(44,45)28-11-9-8-10-26(28)35)17-22-19-37-32(39-29(20)22)38-23-12-14-24(15-13-23)42(5)33(43)47-34(2,3)4/h8-11,16-19,23-24H,7,12-15H2,1-6H3,(H,40,41)(H,37,38,39). The lowest BCUT2D eigenvalue weighted by molar-refractivity contribution is 0.0185. The minimum Gasteiger partial charge on any atom is -0.480 e. The smallest absolute Gasteiger partial charge is 0.410 e. The maximum atomic E-state index is 15.4. The van der Waals surface area contributed by atoms with E-state index in [0.29, 0.717) is 23.5 Å². The Kier molecular flexibility index (Phi) is 10.3. The van der Waals surface area contributed by atoms with Crippen LogP contribution in [0.25, 0.3) is 22.0 Å². The Morgan fingerprint density at radius 2 is 1.81 bits per heavy atom. The van der Waals surface area contributed by atoms with Crippen LogP contribution < -0.4 is 14.8 Å². The second kappa shape index (κ2) is 14.1. The Labute approximate surface area is 285 Å². The van der Waals surface area contributed by atoms with Crippen molar-refractivity contribution >= 4 is 50.4 Å². The lowest BCUT2D eigenvalue weighted by atomic mass is 9.90. The number of benzene rings is 2. The van der Waals surface area contributed by atoms with Crippen molar-refractivity contribution in [1.29, 1.82) is 0 Å². The highest BCUT2D eigenvalue weighted by Crippen LogP contribution is 2.36. The molecule has 2 aromatic carbocycles. The molecule has 0 spiro atoms. The quantitative estimate of drug-likeness (QED) is 0.183. The van der Waals surface area contributed by atoms with Crippen molar-refractivity contribution in [2.45, 2.75) is 82.4 Å². The molecular formula is C34H40ClFN6O5S. The third-order valence-corrected chi connectivity index (χ3v) is 10.0. The largest absolute Gasteiger partial charge is 0.480 e. The maximum Gasteiger partial charge on any atom is 0.410 e. The van der Waals surface area contributed by atoms with E-state index >= 15 is 4.39 Å². The molecule has 48 heavy (non-hydrogen) atoms. The first-order valence-corrected chi connectivity index (χ1v) is 17.6. The third kappa shape index (κ3) is 7.90. The van der Waals surface area contributed by atoms with Gasteiger partial charge in [0, 0.05) is 36.3 Å². The molecule has 0 unspecified atom stereocenters. The van der Waals surface area contributed by atoms with Crippen LogP contribution in [0, 0.1) is 5.82 Å². The Morgan fingerprint density at radius 1 is 1.10 bits per heavy atom. The second-order valence-electron chi connectivity index (χ2n) is 12.8. The summed E-state index contributed by atoms with van der Waals surface area (Å²) in [7, 11) is -1.06. The average molecular weight is 699 g/mol. The molecular weight excluding hydrogens is 659 g/mol. The average Bonchev–Trinajstić information content (AvgIpc) is 3.04. The van der Waals surface area contributed by atoms with Crippen LogP contribution in [-0.4, -0.2) is 66.2 Å². The maximum absolute atomic E-state index is 15.4. The zero-order valence-electron chi connectivity index (χ0n) is 27.8. The molecule has 0 atom stereocenters. The van der Waals surface area contributed by atoms with Crippen molar-refractivity contribution in [3.05, 3.63) is 65.1 Å². The molecule has 1 fully saturated rings. The zero-order valence-corrected chi connectivity index (χ0v) is 29.4. The van der Waals surface area contributed by atoms with E-state index in [2.05, 4.69) is 20.0 Å². The molecule has 2 heterocycles. The number of nitrogens with one attached hydrogen (secondary N) is 2. The van der Waals surface area contributed by atoms with Crippen molar-refractivity contribution in [2.24, 2.45) is 0 Å². The van der Waals surface area contributed by atoms with Crippen molar-refractivity contribution < 1.29 is 27.1 Å². The van der Waals surface area contributed by atoms with Crippen molar-refractivity contribution in [2.75, 3.05) is 24.2 Å². The van der Waals surface area contributed by atoms with Crippen LogP contribution in [0.3, 0.4) is 0 Å². The number of sulfonamides is 1. The number of rotatable bonds is 9. The number of hydrogen-bond acceptors (Lipinski definition) is 9. The van der Waals surface area contributed by atoms with E-state index in [4.69, 9.17) is 26.1 Å². The Bertz CT molecular complexity index is 1930. The van der Waals surface area contributed by atoms with Gasteiger partial charge in [-0.25, -0.2) is 27.6 Å². The molecule has 2 N–H and O–H groups in total. The van der Waals surface area contributed by atoms with E-state index in [0.717, 1.165) is 42.1 Å². The summed E-state index contributed by atoms with van der Waals surface area (Å²) in [5, 5.41) is 4.20. The summed E-state index contributed by atoms with van der Waals surface area (Å²) in [5.41, 5.74) is 2.07. The van der Waals surface area contributed by atoms with Gasteiger partial charge in [-0.05, 0) is 94.3 Å². The second-order valence-corrected chi connectivity index (χ2v) is 14.8. The molecule has 5 rings (SSSR count). The van der Waals surface area contributed by atoms with Crippen molar-refractivity contribution in [3.63, 3.8) is 0 Å². The van der Waals surface area contributed by atoms with Crippen LogP contribution in [0.1, 0.15) is 58.9 Å². The van der Waals surface area contributed by atoms with Crippen LogP contribution in [0.4, 0.5) is 21.0 Å². The molecule has 0 saturated heterocycles. The van der Waals surface area contributed by atoms with Crippen molar-refractivity contribution in [3.8, 4) is 17.0 Å². The number of fused-ring (bicyclic) bond motifs is 1. The van der Waals surface area contributed by atoms with E-state index in [1.807, 2.05) is 39.8 Å². The van der Waals surface area contributed by atoms with Gasteiger partial charge in [-0.2, -0.15) is 4.98 Å². The molecule has 256 valence electrons. The van der Waals surface area contributed by atoms with E-state index in [9.17, 15) is 13.2 Å². The molecule has 2 aromatic heterocycles. The van der Waals surface area contributed by atoms with Crippen LogP contribution in [0.5, 0.6) is 5.88 Å². The molecule has 0 aliphatic heterocycles. The molecule has 4 aromatic rings. The summed E-state index contributed by atoms with van der Waals surface area (Å²) in [4.78, 5) is 27.6. The molecule has 1 aliphatic rings. The number of nitrogens with zero attached hydrogens (tertiary/aromatic N) is 4. The lowest BCUT2D eigenvalue weighted by Gasteiger charge is -2.35. The Balaban J connectivity index is 1.34. The monoisotopic (exact) mass is 698 g/mol. The Hall–Kier alpha value is -4.23. The van der Waals surface area contributed by atoms with Gasteiger partial charge in [-0.3, -0.25) is 4.72 Å². The van der Waals surface area contributed by atoms with Crippen molar-refractivity contribution in [1.82, 2.24) is 19.9 Å². The van der Waals surface area contributed by atoms with Gasteiger partial charge in [0.05, 0.1) is 17.6 Å². The van der Waals surface area contributed by atoms with E-state index in [-0.39, 0.29) is 34.0 Å². The molecule has 1 saturated carbocycles. The minimum atomic E-state index is -4.22. The van der Waals surface area contributed by atoms with Gasteiger partial charge in [-0.1, -0.05) is 30.7 Å². The SMILES string of the molecule is CCc1cc(-c2cc(F)c(NS(=O)(=O)c3ccccc3Cl)nc2OC)cc2cnc(NC3CCC(N(C)C(=O)OC(C)(C)C)CC3)nc12. The summed E-state index contributed by atoms with van der Waals surface area (Å²) in [6.45, 7) is 7.58. The first kappa shape index (κ1) is 35.1. The highest BCUT2D eigenvalue weighted by molar-refractivity contribution is 7.92. The summed E-state index contributed by atoms with van der Waals surface area (Å²) >= 11 is 6.07. The molecule has 11 nitrogen and oxygen atoms in total. The van der Waals surface area contributed by atoms with Crippen LogP contribution in [0.2, 0.25) is 5.02 Å². The lowest BCUT2D eigenvalue weighted by Crippen LogP contribution is -2.43. The molecule has 0 radical (unpaired) electrons. The zero-order chi connectivity index (χ0) is 34.8. The van der Waals surface area contributed by atoms with Gasteiger partial charge in [0.15, 0.2) is 11.6 Å². The number of halogens is 2. The van der Waals surface area contributed by atoms with Gasteiger partial charge in [0.1, 0.15) is 10.5 Å². The minimum absolute atomic E-state index is 0.00617. The summed E-state index contributed by atoms with van der Waals surface area (Å²) in [6, 6.07) is 11.0. The molecule has 14 heteroatoms. The van der Waals surface area contributed by atoms with Gasteiger partial charge >= 0.3 is 6.09 Å². The number of hydrogen-bond donors (Lipinski definition) is 2. The van der Waals surface area contributed by atoms with Gasteiger partial charge in [0.25, 0.3) is 10.0 Å². The summed E-state index contributed by atoms with van der Waals surface area (Å²) in [5.74, 6) is -0.866. The predicted molar refractivity (Wildman–Crippen MR) is 185 cm³/mol. The predicted octanol–water partition coefficient (Wildman–Crippen LogP) is 7.45. The fourth-order valence-electron chi connectivity index (χ4n) is 5.74. The number of carbonyl (C=O) groups excluding carboxylic acids is 1. The topological polar surface area (TPSA) is 136 Å². The molecule has 1 amide bonds. The normalized spacial score (nSPS) is 16.8. The number of amides is 1. The van der Waals surface area contributed by atoms with Crippen LogP contribution in [0.15, 0.2) is 53.6 Å². The van der Waals surface area contributed by atoms with Gasteiger partial charge in [0.2, 0.25) is 11.8 Å². The first-order valence-electron chi connectivity index (χ1n) is 15.7. The molecule has 1 aliphatic carbocycles. The van der Waals surface area contributed by atoms with Gasteiger partial charge in [-0.15, -0.1) is 0 Å². The number of carbonyl (C=O) groups is 1. The van der Waals surface area contributed by atoms with Crippen LogP contribution in [-0.2, 0) is 21.2 Å². The Morgan fingerprint density at radius 3 is 2.46 bits per heavy atom. The van der Waals surface area contributed by atoms with Gasteiger partial charge < -0.3 is 19.7 Å². The number of anilines is 2. The third-order valence-electron chi connectivity index (χ3n) is 8.20. The number of methoxy groups -OCH3 is 1. The number of aryl methyl sites for hydroxylation is 1. The van der Waals surface area contributed by atoms with E-state index in [1.54, 1.807) is 24.2 Å². The molecule has 0 bridgehead atoms. The highest BCUT2D eigenvalue weighted by atomic mass is 35.5. The number of aromatic nitrogens is 3. The fourth-order valence-corrected chi connectivity index (χ4v) is 7.27.